The number of hydrogen-bond donors (Lipinski definition) is 2. The van der Waals surface area contributed by atoms with Crippen molar-refractivity contribution in [3.8, 4) is 0 Å². The number of halogens is 2. The molecule has 3 aromatic carbocycles. The Labute approximate surface area is 170 Å². The number of nitrogens with two attached hydrogens (primary N) is 1. The molecule has 2 unspecified atom stereocenters. The molecule has 0 aliphatic rings. The number of carbonyl (C=O) groups excluding carboxylic acids is 1. The Morgan fingerprint density at radius 2 is 1.63 bits per heavy atom. The van der Waals surface area contributed by atoms with Crippen LogP contribution >= 0.6 is 11.6 Å². The van der Waals surface area contributed by atoms with Crippen LogP contribution in [0.2, 0.25) is 5.02 Å². The molecule has 2 atom stereocenters. The number of hydrogen-bond acceptors (Lipinski definition) is 2. The van der Waals surface area contributed by atoms with Crippen molar-refractivity contribution in [1.82, 2.24) is 0 Å². The lowest BCUT2D eigenvalue weighted by atomic mass is 9.99. The van der Waals surface area contributed by atoms with Crippen LogP contribution in [0, 0.1) is 0 Å². The molecule has 3 aromatic rings. The van der Waals surface area contributed by atoms with E-state index in [0.717, 1.165) is 16.3 Å². The van der Waals surface area contributed by atoms with Gasteiger partial charge in [0.15, 0.2) is 5.78 Å². The highest BCUT2D eigenvalue weighted by atomic mass is 35.5. The Morgan fingerprint density at radius 1 is 1.00 bits per heavy atom. The molecule has 3 rings (SSSR count). The zero-order valence-electron chi connectivity index (χ0n) is 15.1. The fraction of sp³-hybridized carbons (Fsp3) is 0.227. The molecular weight excluding hydrogens is 381 g/mol. The third-order valence-corrected chi connectivity index (χ3v) is 5.05. The second-order valence-corrected chi connectivity index (χ2v) is 6.96. The molecule has 3 N–H and O–H groups in total. The number of quaternary nitrogens is 1. The molecule has 0 aliphatic carbocycles. The van der Waals surface area contributed by atoms with Gasteiger partial charge in [-0.25, -0.2) is 0 Å². The van der Waals surface area contributed by atoms with Gasteiger partial charge in [0.2, 0.25) is 0 Å². The molecule has 0 saturated heterocycles. The molecule has 0 spiro atoms. The van der Waals surface area contributed by atoms with E-state index in [1.54, 1.807) is 12.1 Å². The highest BCUT2D eigenvalue weighted by molar-refractivity contribution is 6.36. The van der Waals surface area contributed by atoms with Crippen LogP contribution in [-0.4, -0.2) is 23.5 Å². The number of ketones is 1. The van der Waals surface area contributed by atoms with Gasteiger partial charge < -0.3 is 22.8 Å². The lowest BCUT2D eigenvalue weighted by molar-refractivity contribution is -0.693. The highest BCUT2D eigenvalue weighted by Gasteiger charge is 2.19. The Balaban J connectivity index is 0.00000261. The molecule has 0 heterocycles. The van der Waals surface area contributed by atoms with Crippen molar-refractivity contribution in [2.24, 2.45) is 0 Å². The molecule has 3 nitrogen and oxygen atoms in total. The van der Waals surface area contributed by atoms with E-state index in [4.69, 9.17) is 11.6 Å². The minimum absolute atomic E-state index is 0. The molecule has 0 aromatic heterocycles. The number of aliphatic hydroxyl groups is 1. The lowest BCUT2D eigenvalue weighted by Gasteiger charge is -2.17. The van der Waals surface area contributed by atoms with Crippen LogP contribution in [0.5, 0.6) is 0 Å². The van der Waals surface area contributed by atoms with Crippen molar-refractivity contribution in [2.45, 2.75) is 25.5 Å². The average molecular weight is 404 g/mol. The zero-order valence-corrected chi connectivity index (χ0v) is 16.6. The summed E-state index contributed by atoms with van der Waals surface area (Å²) in [6.07, 6.45) is -0.139. The molecule has 0 aliphatic heterocycles. The maximum Gasteiger partial charge on any atom is 0.169 e. The summed E-state index contributed by atoms with van der Waals surface area (Å²) in [7, 11) is 0. The van der Waals surface area contributed by atoms with Crippen molar-refractivity contribution in [3.63, 3.8) is 0 Å². The molecule has 0 amide bonds. The minimum atomic E-state index is -0.553. The average Bonchev–Trinajstić information content (AvgIpc) is 2.68. The third kappa shape index (κ3) is 5.08. The van der Waals surface area contributed by atoms with Gasteiger partial charge in [-0.2, -0.15) is 0 Å². The number of fused-ring (bicyclic) bond motifs is 1. The van der Waals surface area contributed by atoms with Crippen LogP contribution in [0.15, 0.2) is 66.7 Å². The summed E-state index contributed by atoms with van der Waals surface area (Å²) in [4.78, 5) is 12.7. The molecule has 5 heteroatoms. The summed E-state index contributed by atoms with van der Waals surface area (Å²) in [6, 6.07) is 20.9. The summed E-state index contributed by atoms with van der Waals surface area (Å²) in [6.45, 7) is 2.60. The Morgan fingerprint density at radius 3 is 2.33 bits per heavy atom. The summed E-state index contributed by atoms with van der Waals surface area (Å²) in [5.74, 6) is 0.0931. The van der Waals surface area contributed by atoms with E-state index in [2.05, 4.69) is 0 Å². The highest BCUT2D eigenvalue weighted by Crippen LogP contribution is 2.27. The van der Waals surface area contributed by atoms with Crippen LogP contribution in [-0.2, 0) is 0 Å². The molecule has 142 valence electrons. The second kappa shape index (κ2) is 9.86. The van der Waals surface area contributed by atoms with E-state index >= 15 is 0 Å². The van der Waals surface area contributed by atoms with Crippen LogP contribution in [0.4, 0.5) is 0 Å². The minimum Gasteiger partial charge on any atom is -1.00 e. The molecule has 27 heavy (non-hydrogen) atoms. The standard InChI is InChI=1S/C22H22ClNO2.ClH/c1-15(22(26)16-7-3-2-4-8-16)24-14-13-21(25)19-11-12-20(23)18-10-6-5-9-17(18)19;/h2-12,15,22,24,26H,13-14H2,1H3;1H. The van der Waals surface area contributed by atoms with Gasteiger partial charge in [-0.1, -0.05) is 66.2 Å². The SMILES string of the molecule is CC([NH2+]CCC(=O)c1ccc(Cl)c2ccccc12)C(O)c1ccccc1.[Cl-]. The van der Waals surface area contributed by atoms with E-state index in [1.807, 2.05) is 66.8 Å². The number of aliphatic hydroxyl groups excluding tert-OH is 1. The van der Waals surface area contributed by atoms with Gasteiger partial charge >= 0.3 is 0 Å². The number of carbonyl (C=O) groups is 1. The van der Waals surface area contributed by atoms with E-state index in [9.17, 15) is 9.90 Å². The topological polar surface area (TPSA) is 53.9 Å². The molecule has 0 fully saturated rings. The van der Waals surface area contributed by atoms with Crippen LogP contribution in [0.1, 0.15) is 35.4 Å². The summed E-state index contributed by atoms with van der Waals surface area (Å²) < 4.78 is 0. The van der Waals surface area contributed by atoms with Crippen molar-refractivity contribution < 1.29 is 27.6 Å². The third-order valence-electron chi connectivity index (χ3n) is 4.72. The Bertz CT molecular complexity index is 899. The predicted molar refractivity (Wildman–Crippen MR) is 106 cm³/mol. The first-order valence-corrected chi connectivity index (χ1v) is 9.22. The fourth-order valence-electron chi connectivity index (χ4n) is 3.20. The summed E-state index contributed by atoms with van der Waals surface area (Å²) in [5.41, 5.74) is 1.60. The van der Waals surface area contributed by atoms with Gasteiger partial charge in [-0.3, -0.25) is 4.79 Å². The van der Waals surface area contributed by atoms with Gasteiger partial charge in [0.1, 0.15) is 12.1 Å². The summed E-state index contributed by atoms with van der Waals surface area (Å²) >= 11 is 6.23. The Hall–Kier alpha value is -1.91. The zero-order chi connectivity index (χ0) is 18.5. The van der Waals surface area contributed by atoms with Crippen molar-refractivity contribution in [3.05, 3.63) is 82.9 Å². The smallest absolute Gasteiger partial charge is 0.169 e. The number of Topliss-reactive ketones (excluding diaryl/α,β-unsaturated/α-hetero) is 1. The normalized spacial score (nSPS) is 13.0. The van der Waals surface area contributed by atoms with Gasteiger partial charge in [-0.05, 0) is 30.0 Å². The maximum absolute atomic E-state index is 12.7. The first-order chi connectivity index (χ1) is 12.6. The quantitative estimate of drug-likeness (QED) is 0.572. The van der Waals surface area contributed by atoms with Crippen molar-refractivity contribution in [2.75, 3.05) is 6.54 Å². The predicted octanol–water partition coefficient (Wildman–Crippen LogP) is 0.755. The fourth-order valence-corrected chi connectivity index (χ4v) is 3.43. The van der Waals surface area contributed by atoms with Gasteiger partial charge in [-0.15, -0.1) is 0 Å². The van der Waals surface area contributed by atoms with Gasteiger partial charge in [0.05, 0.1) is 13.0 Å². The first kappa shape index (κ1) is 21.4. The van der Waals surface area contributed by atoms with Gasteiger partial charge in [0, 0.05) is 16.0 Å². The Kier molecular flexibility index (Phi) is 7.81. The largest absolute Gasteiger partial charge is 1.00 e. The number of benzene rings is 3. The summed E-state index contributed by atoms with van der Waals surface area (Å²) in [5, 5.41) is 14.9. The molecule has 0 bridgehead atoms. The number of rotatable bonds is 7. The second-order valence-electron chi connectivity index (χ2n) is 6.55. The van der Waals surface area contributed by atoms with Crippen LogP contribution < -0.4 is 17.7 Å². The lowest BCUT2D eigenvalue weighted by Crippen LogP contribution is -3.00. The van der Waals surface area contributed by atoms with E-state index < -0.39 is 6.10 Å². The van der Waals surface area contributed by atoms with Crippen LogP contribution in [0.25, 0.3) is 10.8 Å². The first-order valence-electron chi connectivity index (χ1n) is 8.84. The van der Waals surface area contributed by atoms with Gasteiger partial charge in [0.25, 0.3) is 0 Å². The van der Waals surface area contributed by atoms with E-state index in [0.29, 0.717) is 23.6 Å². The molecular formula is C22H23Cl2NO2. The maximum atomic E-state index is 12.7. The van der Waals surface area contributed by atoms with Crippen molar-refractivity contribution in [1.29, 1.82) is 0 Å². The monoisotopic (exact) mass is 403 g/mol. The van der Waals surface area contributed by atoms with Crippen LogP contribution in [0.3, 0.4) is 0 Å². The van der Waals surface area contributed by atoms with E-state index in [-0.39, 0.29) is 24.2 Å². The van der Waals surface area contributed by atoms with E-state index in [1.165, 1.54) is 0 Å². The molecule has 0 saturated carbocycles. The van der Waals surface area contributed by atoms with Crippen molar-refractivity contribution >= 4 is 28.2 Å². The molecule has 0 radical (unpaired) electrons.